The summed E-state index contributed by atoms with van der Waals surface area (Å²) in [6.07, 6.45) is 7.73. The van der Waals surface area contributed by atoms with Crippen LogP contribution >= 0.6 is 0 Å². The smallest absolute Gasteiger partial charge is 0.310 e. The Bertz CT molecular complexity index is 889. The first-order chi connectivity index (χ1) is 17.9. The standard InChI is InChI=1S/2C17H25O2.Fe/c2*1-6-9-13(2)12-15(14-10-7-8-11-14)17(3,4)16(18)19-5;/h2*6-8,10-11,13,15H,1,9,12H2,2-5H3;/q-5;-1;. The van der Waals surface area contributed by atoms with Crippen LogP contribution in [0.5, 0.6) is 0 Å². The normalized spacial score (nSPS) is 14.4. The molecule has 0 fully saturated rings. The van der Waals surface area contributed by atoms with E-state index in [-0.39, 0.29) is 40.8 Å². The van der Waals surface area contributed by atoms with Crippen LogP contribution in [0, 0.1) is 22.7 Å². The molecule has 5 heteroatoms. The van der Waals surface area contributed by atoms with Crippen LogP contribution in [0.15, 0.2) is 73.8 Å². The molecule has 0 N–H and O–H groups in total. The molecule has 0 amide bonds. The van der Waals surface area contributed by atoms with Crippen LogP contribution in [0.3, 0.4) is 0 Å². The van der Waals surface area contributed by atoms with Gasteiger partial charge in [-0.15, -0.1) is 13.2 Å². The second-order valence-corrected chi connectivity index (χ2v) is 11.7. The minimum Gasteiger partial charge on any atom is -0.748 e. The molecule has 0 spiro atoms. The quantitative estimate of drug-likeness (QED) is 0.0975. The van der Waals surface area contributed by atoms with Crippen LogP contribution in [0.4, 0.5) is 0 Å². The molecular weight excluding hydrogens is 528 g/mol. The Balaban J connectivity index is 0.000000722. The minimum atomic E-state index is -0.515. The van der Waals surface area contributed by atoms with Crippen LogP contribution < -0.4 is 0 Å². The molecular formula is C34H50FeO4-6. The number of ether oxygens (including phenoxy) is 2. The van der Waals surface area contributed by atoms with E-state index in [0.717, 1.165) is 25.7 Å². The summed E-state index contributed by atoms with van der Waals surface area (Å²) in [6, 6.07) is 16.5. The summed E-state index contributed by atoms with van der Waals surface area (Å²) in [5.41, 5.74) is 1.40. The molecule has 0 saturated carbocycles. The Hall–Kier alpha value is -2.36. The number of hydrogen-bond acceptors (Lipinski definition) is 4. The van der Waals surface area contributed by atoms with Crippen molar-refractivity contribution in [2.75, 3.05) is 14.2 Å². The Kier molecular flexibility index (Phi) is 16.3. The maximum atomic E-state index is 12.1. The predicted molar refractivity (Wildman–Crippen MR) is 158 cm³/mol. The summed E-state index contributed by atoms with van der Waals surface area (Å²) in [4.78, 5) is 24.1. The number of carbonyl (C=O) groups excluding carboxylic acids is 2. The molecule has 0 aromatic heterocycles. The summed E-state index contributed by atoms with van der Waals surface area (Å²) in [7, 11) is 2.92. The Morgan fingerprint density at radius 3 is 1.59 bits per heavy atom. The zero-order valence-corrected chi connectivity index (χ0v) is 26.4. The van der Waals surface area contributed by atoms with Crippen LogP contribution in [0.1, 0.15) is 90.2 Å². The molecule has 4 nitrogen and oxygen atoms in total. The molecule has 224 valence electrons. The van der Waals surface area contributed by atoms with Crippen molar-refractivity contribution in [2.45, 2.75) is 79.1 Å². The zero-order valence-electron chi connectivity index (χ0n) is 25.3. The molecule has 2 aromatic carbocycles. The monoisotopic (exact) mass is 578 g/mol. The van der Waals surface area contributed by atoms with Gasteiger partial charge in [-0.1, -0.05) is 52.7 Å². The van der Waals surface area contributed by atoms with E-state index in [1.807, 2.05) is 64.1 Å². The molecule has 2 aromatic rings. The van der Waals surface area contributed by atoms with Gasteiger partial charge in [0.25, 0.3) is 0 Å². The largest absolute Gasteiger partial charge is 0.748 e. The fraction of sp³-hybridized carbons (Fsp3) is 0.529. The average molecular weight is 579 g/mol. The van der Waals surface area contributed by atoms with Gasteiger partial charge in [0.2, 0.25) is 0 Å². The summed E-state index contributed by atoms with van der Waals surface area (Å²) < 4.78 is 9.95. The maximum absolute atomic E-state index is 12.1. The van der Waals surface area contributed by atoms with Crippen LogP contribution in [0.25, 0.3) is 0 Å². The van der Waals surface area contributed by atoms with Gasteiger partial charge in [-0.2, -0.15) is 23.6 Å². The molecule has 0 aliphatic heterocycles. The fourth-order valence-electron chi connectivity index (χ4n) is 5.31. The molecule has 0 aliphatic rings. The molecule has 4 unspecified atom stereocenters. The van der Waals surface area contributed by atoms with Gasteiger partial charge in [0.1, 0.15) is 0 Å². The summed E-state index contributed by atoms with van der Waals surface area (Å²) in [5.74, 6) is 1.05. The number of hydrogen-bond donors (Lipinski definition) is 0. The predicted octanol–water partition coefficient (Wildman–Crippen LogP) is 8.58. The third kappa shape index (κ3) is 10.6. The molecule has 0 heterocycles. The molecule has 0 aliphatic carbocycles. The van der Waals surface area contributed by atoms with Crippen LogP contribution in [-0.4, -0.2) is 26.2 Å². The summed E-state index contributed by atoms with van der Waals surface area (Å²) in [6.45, 7) is 19.9. The molecule has 0 bridgehead atoms. The van der Waals surface area contributed by atoms with E-state index in [1.165, 1.54) is 25.3 Å². The Morgan fingerprint density at radius 2 is 1.21 bits per heavy atom. The van der Waals surface area contributed by atoms with E-state index in [1.54, 1.807) is 0 Å². The van der Waals surface area contributed by atoms with E-state index < -0.39 is 10.8 Å². The van der Waals surface area contributed by atoms with Crippen molar-refractivity contribution >= 4 is 11.9 Å². The van der Waals surface area contributed by atoms with Crippen molar-refractivity contribution in [1.29, 1.82) is 0 Å². The van der Waals surface area contributed by atoms with Gasteiger partial charge in [-0.3, -0.25) is 9.59 Å². The maximum Gasteiger partial charge on any atom is 0.310 e. The van der Waals surface area contributed by atoms with Crippen molar-refractivity contribution in [3.05, 3.63) is 85.0 Å². The second-order valence-electron chi connectivity index (χ2n) is 11.7. The second kappa shape index (κ2) is 17.4. The van der Waals surface area contributed by atoms with Gasteiger partial charge >= 0.3 is 11.9 Å². The molecule has 0 radical (unpaired) electrons. The Morgan fingerprint density at radius 1 is 0.821 bits per heavy atom. The van der Waals surface area contributed by atoms with Crippen LogP contribution in [0.2, 0.25) is 0 Å². The molecule has 39 heavy (non-hydrogen) atoms. The first kappa shape index (κ1) is 36.6. The fourth-order valence-corrected chi connectivity index (χ4v) is 5.31. The number of rotatable bonds is 14. The molecule has 2 rings (SSSR count). The van der Waals surface area contributed by atoms with Crippen molar-refractivity contribution in [3.63, 3.8) is 0 Å². The number of esters is 2. The minimum absolute atomic E-state index is 0. The first-order valence-corrected chi connectivity index (χ1v) is 13.7. The van der Waals surface area contributed by atoms with Crippen molar-refractivity contribution in [3.8, 4) is 0 Å². The zero-order chi connectivity index (χ0) is 28.9. The van der Waals surface area contributed by atoms with Crippen molar-refractivity contribution in [1.82, 2.24) is 0 Å². The van der Waals surface area contributed by atoms with E-state index in [0.29, 0.717) is 11.8 Å². The number of allylic oxidation sites excluding steroid dienone is 2. The van der Waals surface area contributed by atoms with Gasteiger partial charge in [-0.25, -0.2) is 12.1 Å². The van der Waals surface area contributed by atoms with Crippen LogP contribution in [-0.2, 0) is 36.1 Å². The van der Waals surface area contributed by atoms with E-state index in [4.69, 9.17) is 9.47 Å². The van der Waals surface area contributed by atoms with Gasteiger partial charge in [0, 0.05) is 22.5 Å². The van der Waals surface area contributed by atoms with Gasteiger partial charge in [0.15, 0.2) is 0 Å². The summed E-state index contributed by atoms with van der Waals surface area (Å²) >= 11 is 0. The number of methoxy groups -OCH3 is 2. The van der Waals surface area contributed by atoms with Gasteiger partial charge in [0.05, 0.1) is 19.6 Å². The van der Waals surface area contributed by atoms with Gasteiger partial charge < -0.3 is 39.3 Å². The van der Waals surface area contributed by atoms with E-state index >= 15 is 0 Å². The van der Waals surface area contributed by atoms with E-state index in [9.17, 15) is 9.59 Å². The SMILES string of the molecule is C=CCC(C)CC([c-]1[cH-][cH-][cH-][cH-]1)C(C)(C)C(=O)OC.C=CCC(C)CC([c-]1cccc1)C(C)(C)C(=O)OC.[Fe]. The average Bonchev–Trinajstić information content (AvgIpc) is 3.60. The first-order valence-electron chi connectivity index (χ1n) is 13.7. The third-order valence-corrected chi connectivity index (χ3v) is 7.76. The van der Waals surface area contributed by atoms with E-state index in [2.05, 4.69) is 51.3 Å². The summed E-state index contributed by atoms with van der Waals surface area (Å²) in [5, 5.41) is 0. The van der Waals surface area contributed by atoms with Crippen molar-refractivity contribution in [2.24, 2.45) is 22.7 Å². The number of carbonyl (C=O) groups is 2. The van der Waals surface area contributed by atoms with Gasteiger partial charge in [-0.05, 0) is 44.4 Å². The topological polar surface area (TPSA) is 52.6 Å². The molecule has 4 atom stereocenters. The Labute approximate surface area is 248 Å². The third-order valence-electron chi connectivity index (χ3n) is 7.76. The van der Waals surface area contributed by atoms with Crippen molar-refractivity contribution < 1.29 is 36.1 Å². The molecule has 0 saturated heterocycles.